The zero-order valence-electron chi connectivity index (χ0n) is 18.6. The Labute approximate surface area is 197 Å². The maximum absolute atomic E-state index is 12.7. The Kier molecular flexibility index (Phi) is 6.03. The third kappa shape index (κ3) is 4.66. The van der Waals surface area contributed by atoms with Crippen LogP contribution in [0.2, 0.25) is 0 Å². The Morgan fingerprint density at radius 1 is 0.971 bits per heavy atom. The van der Waals surface area contributed by atoms with Crippen molar-refractivity contribution in [3.8, 4) is 28.7 Å². The molecule has 0 radical (unpaired) electrons. The first kappa shape index (κ1) is 21.4. The largest absolute Gasteiger partial charge is 0.496 e. The molecule has 0 atom stereocenters. The molecule has 0 saturated heterocycles. The number of carbonyl (C=O) groups excluding carboxylic acids is 1. The smallest absolute Gasteiger partial charge is 0.231 e. The van der Waals surface area contributed by atoms with Crippen molar-refractivity contribution in [3.05, 3.63) is 108 Å². The van der Waals surface area contributed by atoms with Gasteiger partial charge in [0.15, 0.2) is 17.3 Å². The summed E-state index contributed by atoms with van der Waals surface area (Å²) in [4.78, 5) is 12.7. The average Bonchev–Trinajstić information content (AvgIpc) is 3.58. The van der Waals surface area contributed by atoms with Crippen molar-refractivity contribution in [2.24, 2.45) is 0 Å². The van der Waals surface area contributed by atoms with E-state index in [1.807, 2.05) is 83.7 Å². The third-order valence-electron chi connectivity index (χ3n) is 5.52. The second-order valence-corrected chi connectivity index (χ2v) is 7.71. The van der Waals surface area contributed by atoms with Crippen LogP contribution in [0.1, 0.15) is 21.5 Å². The van der Waals surface area contributed by atoms with E-state index >= 15 is 0 Å². The maximum atomic E-state index is 12.7. The van der Waals surface area contributed by atoms with Gasteiger partial charge < -0.3 is 23.5 Å². The molecule has 3 aromatic carbocycles. The molecule has 6 heteroatoms. The zero-order chi connectivity index (χ0) is 23.3. The van der Waals surface area contributed by atoms with Crippen LogP contribution in [0.3, 0.4) is 0 Å². The minimum atomic E-state index is -0.0620. The van der Waals surface area contributed by atoms with Crippen molar-refractivity contribution in [2.75, 3.05) is 13.9 Å². The minimum absolute atomic E-state index is 0.0620. The second-order valence-electron chi connectivity index (χ2n) is 7.71. The van der Waals surface area contributed by atoms with Crippen molar-refractivity contribution in [1.82, 2.24) is 4.57 Å². The molecule has 0 N–H and O–H groups in total. The van der Waals surface area contributed by atoms with Crippen LogP contribution in [-0.2, 0) is 6.61 Å². The molecule has 6 nitrogen and oxygen atoms in total. The summed E-state index contributed by atoms with van der Waals surface area (Å²) in [6.45, 7) is 0.524. The Balaban J connectivity index is 1.27. The van der Waals surface area contributed by atoms with E-state index in [0.717, 1.165) is 16.8 Å². The topological polar surface area (TPSA) is 58.9 Å². The van der Waals surface area contributed by atoms with Gasteiger partial charge in [0.2, 0.25) is 6.79 Å². The number of rotatable bonds is 8. The molecule has 0 bridgehead atoms. The summed E-state index contributed by atoms with van der Waals surface area (Å²) in [5.74, 6) is 2.70. The lowest BCUT2D eigenvalue weighted by atomic mass is 10.1. The van der Waals surface area contributed by atoms with E-state index in [-0.39, 0.29) is 12.6 Å². The van der Waals surface area contributed by atoms with E-state index < -0.39 is 0 Å². The Hall–Kier alpha value is -4.45. The predicted octanol–water partition coefficient (Wildman–Crippen LogP) is 5.69. The molecule has 1 aromatic heterocycles. The number of hydrogen-bond acceptors (Lipinski definition) is 5. The SMILES string of the molecule is COc1ccc(/C=C/C(=O)c2ccc(-n3cccc3)cc2)cc1COc1ccc2c(c1)OCO2. The van der Waals surface area contributed by atoms with Crippen LogP contribution in [0.4, 0.5) is 0 Å². The molecule has 4 aromatic rings. The summed E-state index contributed by atoms with van der Waals surface area (Å²) < 4.78 is 24.2. The van der Waals surface area contributed by atoms with E-state index in [4.69, 9.17) is 18.9 Å². The normalized spacial score (nSPS) is 12.1. The van der Waals surface area contributed by atoms with E-state index in [1.165, 1.54) is 0 Å². The van der Waals surface area contributed by atoms with Crippen LogP contribution < -0.4 is 18.9 Å². The molecule has 170 valence electrons. The standard InChI is InChI=1S/C28H23NO5/c1-31-26-12-5-20(16-22(26)18-32-24-10-13-27-28(17-24)34-19-33-27)4-11-25(30)21-6-8-23(9-7-21)29-14-2-3-15-29/h2-17H,18-19H2,1H3/b11-4+. The lowest BCUT2D eigenvalue weighted by Gasteiger charge is -2.11. The van der Waals surface area contributed by atoms with Gasteiger partial charge in [0.1, 0.15) is 18.1 Å². The van der Waals surface area contributed by atoms with Crippen LogP contribution in [0.25, 0.3) is 11.8 Å². The van der Waals surface area contributed by atoms with Gasteiger partial charge in [0, 0.05) is 35.3 Å². The molecule has 1 aliphatic rings. The van der Waals surface area contributed by atoms with Crippen molar-refractivity contribution >= 4 is 11.9 Å². The van der Waals surface area contributed by atoms with E-state index in [9.17, 15) is 4.79 Å². The van der Waals surface area contributed by atoms with Crippen LogP contribution in [0.5, 0.6) is 23.0 Å². The van der Waals surface area contributed by atoms with Crippen LogP contribution in [0.15, 0.2) is 91.3 Å². The summed E-state index contributed by atoms with van der Waals surface area (Å²) >= 11 is 0. The zero-order valence-corrected chi connectivity index (χ0v) is 18.6. The first-order chi connectivity index (χ1) is 16.7. The first-order valence-corrected chi connectivity index (χ1v) is 10.8. The molecule has 2 heterocycles. The number of ketones is 1. The molecule has 5 rings (SSSR count). The van der Waals surface area contributed by atoms with Gasteiger partial charge in [-0.15, -0.1) is 0 Å². The van der Waals surface area contributed by atoms with E-state index in [2.05, 4.69) is 0 Å². The van der Waals surface area contributed by atoms with Gasteiger partial charge in [-0.2, -0.15) is 0 Å². The molecular weight excluding hydrogens is 430 g/mol. The van der Waals surface area contributed by atoms with E-state index in [1.54, 1.807) is 25.3 Å². The van der Waals surface area contributed by atoms with Crippen molar-refractivity contribution < 1.29 is 23.7 Å². The maximum Gasteiger partial charge on any atom is 0.231 e. The number of ether oxygens (including phenoxy) is 4. The quantitative estimate of drug-likeness (QED) is 0.253. The van der Waals surface area contributed by atoms with E-state index in [0.29, 0.717) is 35.2 Å². The van der Waals surface area contributed by atoms with Gasteiger partial charge >= 0.3 is 0 Å². The average molecular weight is 453 g/mol. The number of aromatic nitrogens is 1. The Morgan fingerprint density at radius 2 is 1.76 bits per heavy atom. The molecule has 0 saturated carbocycles. The number of nitrogens with zero attached hydrogens (tertiary/aromatic N) is 1. The third-order valence-corrected chi connectivity index (χ3v) is 5.52. The number of carbonyl (C=O) groups is 1. The molecule has 0 unspecified atom stereocenters. The number of hydrogen-bond donors (Lipinski definition) is 0. The highest BCUT2D eigenvalue weighted by Crippen LogP contribution is 2.35. The van der Waals surface area contributed by atoms with Gasteiger partial charge in [0.25, 0.3) is 0 Å². The lowest BCUT2D eigenvalue weighted by Crippen LogP contribution is -1.99. The molecule has 1 aliphatic heterocycles. The molecule has 34 heavy (non-hydrogen) atoms. The molecular formula is C28H23NO5. The number of fused-ring (bicyclic) bond motifs is 1. The Morgan fingerprint density at radius 3 is 2.56 bits per heavy atom. The van der Waals surface area contributed by atoms with Crippen molar-refractivity contribution in [1.29, 1.82) is 0 Å². The summed E-state index contributed by atoms with van der Waals surface area (Å²) in [7, 11) is 1.62. The molecule has 0 spiro atoms. The summed E-state index contributed by atoms with van der Waals surface area (Å²) in [5, 5.41) is 0. The lowest BCUT2D eigenvalue weighted by molar-refractivity contribution is 0.104. The summed E-state index contributed by atoms with van der Waals surface area (Å²) in [6, 6.07) is 22.6. The number of allylic oxidation sites excluding steroid dienone is 1. The fourth-order valence-corrected chi connectivity index (χ4v) is 3.72. The highest BCUT2D eigenvalue weighted by atomic mass is 16.7. The highest BCUT2D eigenvalue weighted by Gasteiger charge is 2.14. The van der Waals surface area contributed by atoms with Gasteiger partial charge in [-0.3, -0.25) is 4.79 Å². The molecule has 0 amide bonds. The summed E-state index contributed by atoms with van der Waals surface area (Å²) in [6.07, 6.45) is 7.31. The van der Waals surface area contributed by atoms with Gasteiger partial charge in [-0.25, -0.2) is 0 Å². The van der Waals surface area contributed by atoms with Gasteiger partial charge in [-0.05, 0) is 72.3 Å². The highest BCUT2D eigenvalue weighted by molar-refractivity contribution is 6.06. The second kappa shape index (κ2) is 9.58. The Bertz CT molecular complexity index is 1320. The van der Waals surface area contributed by atoms with Gasteiger partial charge in [-0.1, -0.05) is 12.1 Å². The monoisotopic (exact) mass is 453 g/mol. The summed E-state index contributed by atoms with van der Waals surface area (Å²) in [5.41, 5.74) is 3.38. The number of benzene rings is 3. The fourth-order valence-electron chi connectivity index (χ4n) is 3.72. The minimum Gasteiger partial charge on any atom is -0.496 e. The fraction of sp³-hybridized carbons (Fsp3) is 0.107. The van der Waals surface area contributed by atoms with Crippen molar-refractivity contribution in [2.45, 2.75) is 6.61 Å². The van der Waals surface area contributed by atoms with Crippen LogP contribution in [0, 0.1) is 0 Å². The predicted molar refractivity (Wildman–Crippen MR) is 129 cm³/mol. The molecule has 0 fully saturated rings. The molecule has 0 aliphatic carbocycles. The van der Waals surface area contributed by atoms with Gasteiger partial charge in [0.05, 0.1) is 7.11 Å². The first-order valence-electron chi connectivity index (χ1n) is 10.8. The van der Waals surface area contributed by atoms with Crippen LogP contribution in [-0.4, -0.2) is 24.3 Å². The van der Waals surface area contributed by atoms with Crippen molar-refractivity contribution in [3.63, 3.8) is 0 Å². The van der Waals surface area contributed by atoms with Crippen LogP contribution >= 0.6 is 0 Å². The number of methoxy groups -OCH3 is 1.